The molecule has 26 heavy (non-hydrogen) atoms. The highest BCUT2D eigenvalue weighted by molar-refractivity contribution is 7.89. The van der Waals surface area contributed by atoms with Crippen LogP contribution in [0.5, 0.6) is 0 Å². The van der Waals surface area contributed by atoms with Crippen LogP contribution in [0.3, 0.4) is 0 Å². The number of rotatable bonds is 4. The van der Waals surface area contributed by atoms with Gasteiger partial charge >= 0.3 is 0 Å². The quantitative estimate of drug-likeness (QED) is 0.830. The number of carbonyl (C=O) groups excluding carboxylic acids is 1. The highest BCUT2D eigenvalue weighted by Gasteiger charge is 2.30. The Morgan fingerprint density at radius 1 is 1.27 bits per heavy atom. The van der Waals surface area contributed by atoms with Gasteiger partial charge in [-0.15, -0.1) is 11.3 Å². The summed E-state index contributed by atoms with van der Waals surface area (Å²) in [5.41, 5.74) is 0. The first-order chi connectivity index (χ1) is 12.3. The van der Waals surface area contributed by atoms with E-state index in [2.05, 4.69) is 5.32 Å². The lowest BCUT2D eigenvalue weighted by molar-refractivity contribution is 0.0928. The fraction of sp³-hybridized carbons (Fsp3) is 0.353. The van der Waals surface area contributed by atoms with Crippen LogP contribution in [-0.4, -0.2) is 37.8 Å². The van der Waals surface area contributed by atoms with Gasteiger partial charge in [0, 0.05) is 24.0 Å². The van der Waals surface area contributed by atoms with Crippen molar-refractivity contribution in [3.63, 3.8) is 0 Å². The summed E-state index contributed by atoms with van der Waals surface area (Å²) in [6.07, 6.45) is 1.04. The maximum Gasteiger partial charge on any atom is 0.261 e. The molecular formula is C17H18ClFN2O3S2. The van der Waals surface area contributed by atoms with E-state index in [9.17, 15) is 17.6 Å². The van der Waals surface area contributed by atoms with Crippen LogP contribution >= 0.6 is 22.9 Å². The van der Waals surface area contributed by atoms with E-state index in [1.807, 2.05) is 13.0 Å². The molecule has 0 atom stereocenters. The zero-order chi connectivity index (χ0) is 18.9. The Morgan fingerprint density at radius 3 is 2.54 bits per heavy atom. The third-order valence-corrected chi connectivity index (χ3v) is 7.47. The van der Waals surface area contributed by atoms with E-state index in [0.29, 0.717) is 17.7 Å². The van der Waals surface area contributed by atoms with E-state index in [1.165, 1.54) is 21.7 Å². The predicted molar refractivity (Wildman–Crippen MR) is 99.7 cm³/mol. The number of hydrogen-bond acceptors (Lipinski definition) is 4. The average molecular weight is 417 g/mol. The molecule has 3 rings (SSSR count). The monoisotopic (exact) mass is 416 g/mol. The molecule has 1 aromatic heterocycles. The molecule has 1 saturated heterocycles. The molecule has 0 radical (unpaired) electrons. The molecular weight excluding hydrogens is 399 g/mol. The van der Waals surface area contributed by atoms with Crippen molar-refractivity contribution in [2.24, 2.45) is 0 Å². The minimum atomic E-state index is -3.73. The lowest BCUT2D eigenvalue weighted by Crippen LogP contribution is -2.46. The van der Waals surface area contributed by atoms with Gasteiger partial charge < -0.3 is 5.32 Å². The van der Waals surface area contributed by atoms with Crippen LogP contribution in [-0.2, 0) is 10.0 Å². The van der Waals surface area contributed by atoms with Gasteiger partial charge in [0.25, 0.3) is 5.91 Å². The maximum atomic E-state index is 13.3. The van der Waals surface area contributed by atoms with E-state index in [4.69, 9.17) is 11.6 Å². The third kappa shape index (κ3) is 4.09. The molecule has 1 aliphatic rings. The Kier molecular flexibility index (Phi) is 5.67. The number of piperidine rings is 1. The molecule has 1 aromatic carbocycles. The fourth-order valence-corrected chi connectivity index (χ4v) is 5.35. The number of carbonyl (C=O) groups is 1. The summed E-state index contributed by atoms with van der Waals surface area (Å²) in [6.45, 7) is 2.50. The third-order valence-electron chi connectivity index (χ3n) is 4.28. The van der Waals surface area contributed by atoms with Gasteiger partial charge in [0.15, 0.2) is 0 Å². The maximum absolute atomic E-state index is 13.3. The Bertz CT molecular complexity index is 922. The van der Waals surface area contributed by atoms with Gasteiger partial charge in [0.05, 0.1) is 14.8 Å². The van der Waals surface area contributed by atoms with Crippen LogP contribution in [0.2, 0.25) is 5.02 Å². The van der Waals surface area contributed by atoms with Crippen LogP contribution < -0.4 is 5.32 Å². The molecule has 1 fully saturated rings. The van der Waals surface area contributed by atoms with Crippen molar-refractivity contribution in [3.05, 3.63) is 50.9 Å². The second-order valence-corrected chi connectivity index (χ2v) is 9.77. The van der Waals surface area contributed by atoms with Crippen molar-refractivity contribution in [2.75, 3.05) is 13.1 Å². The number of thiophene rings is 1. The van der Waals surface area contributed by atoms with Crippen LogP contribution in [0, 0.1) is 12.7 Å². The summed E-state index contributed by atoms with van der Waals surface area (Å²) in [5, 5.41) is 2.73. The van der Waals surface area contributed by atoms with Gasteiger partial charge in [-0.3, -0.25) is 4.79 Å². The molecule has 0 aliphatic carbocycles. The van der Waals surface area contributed by atoms with Crippen LogP contribution in [0.15, 0.2) is 35.2 Å². The highest BCUT2D eigenvalue weighted by Crippen LogP contribution is 2.25. The molecule has 0 bridgehead atoms. The summed E-state index contributed by atoms with van der Waals surface area (Å²) in [5.74, 6) is -0.787. The van der Waals surface area contributed by atoms with Crippen molar-refractivity contribution in [1.29, 1.82) is 0 Å². The highest BCUT2D eigenvalue weighted by atomic mass is 35.5. The number of sulfonamides is 1. The second-order valence-electron chi connectivity index (χ2n) is 6.14. The standard InChI is InChI=1S/C17H18ClFN2O3S2/c1-11-2-5-16(25-11)17(22)20-12-6-8-21(9-7-12)26(23,24)13-3-4-15(19)14(18)10-13/h2-5,10,12H,6-9H2,1H3,(H,20,22). The van der Waals surface area contributed by atoms with E-state index in [0.717, 1.165) is 17.0 Å². The summed E-state index contributed by atoms with van der Waals surface area (Å²) in [6, 6.07) is 6.98. The molecule has 0 spiro atoms. The first-order valence-electron chi connectivity index (χ1n) is 8.10. The van der Waals surface area contributed by atoms with E-state index in [1.54, 1.807) is 6.07 Å². The van der Waals surface area contributed by atoms with E-state index >= 15 is 0 Å². The number of amides is 1. The van der Waals surface area contributed by atoms with Gasteiger partial charge in [-0.25, -0.2) is 12.8 Å². The first-order valence-corrected chi connectivity index (χ1v) is 10.7. The first kappa shape index (κ1) is 19.3. The minimum Gasteiger partial charge on any atom is -0.349 e. The number of halogens is 2. The Labute approximate surface area is 160 Å². The number of nitrogens with one attached hydrogen (secondary N) is 1. The molecule has 2 heterocycles. The van der Waals surface area contributed by atoms with Gasteiger partial charge in [0.1, 0.15) is 5.82 Å². The number of nitrogens with zero attached hydrogens (tertiary/aromatic N) is 1. The molecule has 1 amide bonds. The Hall–Kier alpha value is -1.48. The van der Waals surface area contributed by atoms with Crippen LogP contribution in [0.1, 0.15) is 27.4 Å². The fourth-order valence-electron chi connectivity index (χ4n) is 2.84. The second kappa shape index (κ2) is 7.64. The molecule has 0 saturated carbocycles. The van der Waals surface area contributed by atoms with Crippen molar-refractivity contribution in [2.45, 2.75) is 30.7 Å². The van der Waals surface area contributed by atoms with Gasteiger partial charge in [-0.2, -0.15) is 4.31 Å². The summed E-state index contributed by atoms with van der Waals surface area (Å²) in [7, 11) is -3.73. The number of hydrogen-bond donors (Lipinski definition) is 1. The van der Waals surface area contributed by atoms with Crippen LogP contribution in [0.25, 0.3) is 0 Å². The molecule has 2 aromatic rings. The van der Waals surface area contributed by atoms with Crippen molar-refractivity contribution in [3.8, 4) is 0 Å². The summed E-state index contributed by atoms with van der Waals surface area (Å²) < 4.78 is 39.9. The van der Waals surface area contributed by atoms with Crippen molar-refractivity contribution in [1.82, 2.24) is 9.62 Å². The Morgan fingerprint density at radius 2 is 1.96 bits per heavy atom. The summed E-state index contributed by atoms with van der Waals surface area (Å²) >= 11 is 7.12. The average Bonchev–Trinajstić information content (AvgIpc) is 3.04. The van der Waals surface area contributed by atoms with E-state index < -0.39 is 15.8 Å². The molecule has 140 valence electrons. The van der Waals surface area contributed by atoms with Crippen molar-refractivity contribution < 1.29 is 17.6 Å². The topological polar surface area (TPSA) is 66.5 Å². The molecule has 9 heteroatoms. The van der Waals surface area contributed by atoms with Gasteiger partial charge in [-0.05, 0) is 50.1 Å². The lowest BCUT2D eigenvalue weighted by atomic mass is 10.1. The normalized spacial score (nSPS) is 16.6. The Balaban J connectivity index is 1.62. The van der Waals surface area contributed by atoms with Crippen molar-refractivity contribution >= 4 is 38.9 Å². The molecule has 1 aliphatic heterocycles. The zero-order valence-electron chi connectivity index (χ0n) is 14.0. The van der Waals surface area contributed by atoms with Crippen LogP contribution in [0.4, 0.5) is 4.39 Å². The predicted octanol–water partition coefficient (Wildman–Crippen LogP) is 3.43. The van der Waals surface area contributed by atoms with Gasteiger partial charge in [-0.1, -0.05) is 11.6 Å². The largest absolute Gasteiger partial charge is 0.349 e. The zero-order valence-corrected chi connectivity index (χ0v) is 16.4. The molecule has 0 unspecified atom stereocenters. The molecule has 1 N–H and O–H groups in total. The number of benzene rings is 1. The number of aryl methyl sites for hydroxylation is 1. The SMILES string of the molecule is Cc1ccc(C(=O)NC2CCN(S(=O)(=O)c3ccc(F)c(Cl)c3)CC2)s1. The van der Waals surface area contributed by atoms with E-state index in [-0.39, 0.29) is 35.0 Å². The lowest BCUT2D eigenvalue weighted by Gasteiger charge is -2.31. The molecule has 5 nitrogen and oxygen atoms in total. The smallest absolute Gasteiger partial charge is 0.261 e. The minimum absolute atomic E-state index is 0.0274. The summed E-state index contributed by atoms with van der Waals surface area (Å²) in [4.78, 5) is 13.9. The van der Waals surface area contributed by atoms with Gasteiger partial charge in [0.2, 0.25) is 10.0 Å².